The zero-order valence-electron chi connectivity index (χ0n) is 8.83. The van der Waals surface area contributed by atoms with Crippen molar-refractivity contribution in [3.63, 3.8) is 0 Å². The highest BCUT2D eigenvalue weighted by Gasteiger charge is 2.09. The van der Waals surface area contributed by atoms with Gasteiger partial charge in [-0.25, -0.2) is 4.98 Å². The molecule has 1 atom stereocenters. The highest BCUT2D eigenvalue weighted by molar-refractivity contribution is 8.01. The van der Waals surface area contributed by atoms with Crippen LogP contribution in [0.25, 0.3) is 0 Å². The van der Waals surface area contributed by atoms with Crippen molar-refractivity contribution in [1.82, 2.24) is 15.2 Å². The molecule has 0 aromatic carbocycles. The first-order valence-electron chi connectivity index (χ1n) is 4.89. The fraction of sp³-hybridized carbons (Fsp3) is 0.300. The van der Waals surface area contributed by atoms with Gasteiger partial charge in [-0.15, -0.1) is 10.2 Å². The zero-order chi connectivity index (χ0) is 11.4. The summed E-state index contributed by atoms with van der Waals surface area (Å²) in [6, 6.07) is 4.12. The van der Waals surface area contributed by atoms with E-state index in [1.807, 2.05) is 13.0 Å². The van der Waals surface area contributed by atoms with Crippen LogP contribution in [0.1, 0.15) is 12.5 Å². The van der Waals surface area contributed by atoms with Crippen molar-refractivity contribution in [2.75, 3.05) is 0 Å². The van der Waals surface area contributed by atoms with Gasteiger partial charge in [-0.3, -0.25) is 0 Å². The Labute approximate surface area is 102 Å². The van der Waals surface area contributed by atoms with E-state index in [-0.39, 0.29) is 6.04 Å². The maximum Gasteiger partial charge on any atom is 0.180 e. The largest absolute Gasteiger partial charge is 0.328 e. The average Bonchev–Trinajstić information content (AvgIpc) is 2.73. The number of aromatic nitrogens is 3. The van der Waals surface area contributed by atoms with Crippen molar-refractivity contribution in [2.24, 2.45) is 5.73 Å². The van der Waals surface area contributed by atoms with Crippen molar-refractivity contribution in [1.29, 1.82) is 0 Å². The third kappa shape index (κ3) is 3.01. The SMILES string of the molecule is CC(N)Cc1cccnc1Sc1nncs1. The number of hydrogen-bond donors (Lipinski definition) is 1. The molecule has 2 heterocycles. The van der Waals surface area contributed by atoms with Gasteiger partial charge < -0.3 is 5.73 Å². The van der Waals surface area contributed by atoms with Crippen LogP contribution < -0.4 is 5.73 Å². The predicted molar refractivity (Wildman–Crippen MR) is 65.6 cm³/mol. The molecule has 0 spiro atoms. The molecule has 0 aliphatic rings. The van der Waals surface area contributed by atoms with Crippen LogP contribution in [-0.2, 0) is 6.42 Å². The maximum atomic E-state index is 5.80. The summed E-state index contributed by atoms with van der Waals surface area (Å²) in [4.78, 5) is 4.35. The van der Waals surface area contributed by atoms with Gasteiger partial charge in [0.05, 0.1) is 0 Å². The van der Waals surface area contributed by atoms with E-state index in [1.54, 1.807) is 23.5 Å². The monoisotopic (exact) mass is 252 g/mol. The third-order valence-electron chi connectivity index (χ3n) is 1.92. The quantitative estimate of drug-likeness (QED) is 0.901. The summed E-state index contributed by atoms with van der Waals surface area (Å²) in [6.07, 6.45) is 2.61. The van der Waals surface area contributed by atoms with Crippen molar-refractivity contribution >= 4 is 23.1 Å². The molecule has 0 aliphatic carbocycles. The summed E-state index contributed by atoms with van der Waals surface area (Å²) >= 11 is 3.06. The Balaban J connectivity index is 2.19. The van der Waals surface area contributed by atoms with E-state index < -0.39 is 0 Å². The Morgan fingerprint density at radius 1 is 1.56 bits per heavy atom. The summed E-state index contributed by atoms with van der Waals surface area (Å²) in [5.41, 5.74) is 8.69. The Bertz CT molecular complexity index is 442. The summed E-state index contributed by atoms with van der Waals surface area (Å²) in [5.74, 6) is 0. The Hall–Kier alpha value is -0.980. The molecule has 2 rings (SSSR count). The number of nitrogens with zero attached hydrogens (tertiary/aromatic N) is 3. The van der Waals surface area contributed by atoms with Crippen LogP contribution in [0.3, 0.4) is 0 Å². The first-order chi connectivity index (χ1) is 7.75. The maximum absolute atomic E-state index is 5.80. The van der Waals surface area contributed by atoms with Crippen LogP contribution >= 0.6 is 23.1 Å². The van der Waals surface area contributed by atoms with Gasteiger partial charge in [-0.2, -0.15) is 0 Å². The minimum Gasteiger partial charge on any atom is -0.328 e. The Morgan fingerprint density at radius 3 is 3.12 bits per heavy atom. The van der Waals surface area contributed by atoms with E-state index in [2.05, 4.69) is 21.2 Å². The first-order valence-corrected chi connectivity index (χ1v) is 6.59. The molecule has 0 bridgehead atoms. The lowest BCUT2D eigenvalue weighted by molar-refractivity contribution is 0.722. The molecule has 0 fully saturated rings. The molecule has 2 N–H and O–H groups in total. The molecule has 0 aliphatic heterocycles. The number of rotatable bonds is 4. The number of nitrogens with two attached hydrogens (primary N) is 1. The molecule has 2 aromatic heterocycles. The molecule has 0 radical (unpaired) electrons. The Kier molecular flexibility index (Phi) is 3.87. The molecular weight excluding hydrogens is 240 g/mol. The van der Waals surface area contributed by atoms with Gasteiger partial charge >= 0.3 is 0 Å². The summed E-state index contributed by atoms with van der Waals surface area (Å²) in [5, 5.41) is 8.77. The normalized spacial score (nSPS) is 12.6. The topological polar surface area (TPSA) is 64.7 Å². The lowest BCUT2D eigenvalue weighted by Gasteiger charge is -2.08. The Morgan fingerprint density at radius 2 is 2.44 bits per heavy atom. The predicted octanol–water partition coefficient (Wildman–Crippen LogP) is 1.97. The summed E-state index contributed by atoms with van der Waals surface area (Å²) < 4.78 is 0.907. The molecule has 0 saturated heterocycles. The van der Waals surface area contributed by atoms with Gasteiger partial charge in [0.2, 0.25) is 0 Å². The van der Waals surface area contributed by atoms with Crippen LogP contribution in [-0.4, -0.2) is 21.2 Å². The average molecular weight is 252 g/mol. The molecule has 2 aromatic rings. The van der Waals surface area contributed by atoms with Crippen molar-refractivity contribution in [3.05, 3.63) is 29.4 Å². The van der Waals surface area contributed by atoms with Crippen LogP contribution in [0.5, 0.6) is 0 Å². The van der Waals surface area contributed by atoms with E-state index in [0.717, 1.165) is 21.3 Å². The molecule has 4 nitrogen and oxygen atoms in total. The second kappa shape index (κ2) is 5.38. The third-order valence-corrected chi connectivity index (χ3v) is 3.75. The van der Waals surface area contributed by atoms with Crippen LogP contribution in [0.4, 0.5) is 0 Å². The second-order valence-electron chi connectivity index (χ2n) is 3.46. The summed E-state index contributed by atoms with van der Waals surface area (Å²) in [7, 11) is 0. The fourth-order valence-corrected chi connectivity index (χ4v) is 2.79. The number of pyridine rings is 1. The van der Waals surface area contributed by atoms with Crippen molar-refractivity contribution in [3.8, 4) is 0 Å². The second-order valence-corrected chi connectivity index (χ2v) is 5.52. The molecule has 16 heavy (non-hydrogen) atoms. The molecular formula is C10H12N4S2. The molecule has 0 amide bonds. The standard InChI is InChI=1S/C10H12N4S2/c1-7(11)5-8-3-2-4-12-9(8)16-10-14-13-6-15-10/h2-4,6-7H,5,11H2,1H3. The molecule has 6 heteroatoms. The molecule has 0 saturated carbocycles. The highest BCUT2D eigenvalue weighted by atomic mass is 32.2. The van der Waals surface area contributed by atoms with E-state index in [0.29, 0.717) is 0 Å². The van der Waals surface area contributed by atoms with Gasteiger partial charge in [0, 0.05) is 12.2 Å². The van der Waals surface area contributed by atoms with E-state index in [9.17, 15) is 0 Å². The lowest BCUT2D eigenvalue weighted by atomic mass is 10.1. The van der Waals surface area contributed by atoms with E-state index >= 15 is 0 Å². The van der Waals surface area contributed by atoms with Gasteiger partial charge in [-0.05, 0) is 36.7 Å². The minimum absolute atomic E-state index is 0.137. The van der Waals surface area contributed by atoms with Gasteiger partial charge in [0.1, 0.15) is 10.5 Å². The minimum atomic E-state index is 0.137. The van der Waals surface area contributed by atoms with Crippen LogP contribution in [0.2, 0.25) is 0 Å². The van der Waals surface area contributed by atoms with Crippen molar-refractivity contribution < 1.29 is 0 Å². The number of hydrogen-bond acceptors (Lipinski definition) is 6. The first kappa shape index (κ1) is 11.5. The smallest absolute Gasteiger partial charge is 0.180 e. The van der Waals surface area contributed by atoms with E-state index in [1.165, 1.54) is 11.3 Å². The van der Waals surface area contributed by atoms with Crippen LogP contribution in [0, 0.1) is 0 Å². The van der Waals surface area contributed by atoms with Gasteiger partial charge in [0.15, 0.2) is 4.34 Å². The summed E-state index contributed by atoms with van der Waals surface area (Å²) in [6.45, 7) is 1.99. The zero-order valence-corrected chi connectivity index (χ0v) is 10.5. The van der Waals surface area contributed by atoms with Gasteiger partial charge in [-0.1, -0.05) is 17.4 Å². The van der Waals surface area contributed by atoms with E-state index in [4.69, 9.17) is 5.73 Å². The highest BCUT2D eigenvalue weighted by Crippen LogP contribution is 2.29. The fourth-order valence-electron chi connectivity index (χ4n) is 1.31. The van der Waals surface area contributed by atoms with Crippen molar-refractivity contribution in [2.45, 2.75) is 28.8 Å². The molecule has 84 valence electrons. The van der Waals surface area contributed by atoms with Gasteiger partial charge in [0.25, 0.3) is 0 Å². The molecule has 1 unspecified atom stereocenters. The van der Waals surface area contributed by atoms with Crippen LogP contribution in [0.15, 0.2) is 33.2 Å². The lowest BCUT2D eigenvalue weighted by Crippen LogP contribution is -2.18.